The van der Waals surface area contributed by atoms with Gasteiger partial charge < -0.3 is 14.4 Å². The average molecular weight is 884 g/mol. The molecule has 0 fully saturated rings. The van der Waals surface area contributed by atoms with Crippen LogP contribution in [0, 0.1) is 0 Å². The summed E-state index contributed by atoms with van der Waals surface area (Å²) in [7, 11) is 0. The lowest BCUT2D eigenvalue weighted by atomic mass is 9.95. The van der Waals surface area contributed by atoms with Gasteiger partial charge in [-0.05, 0) is 132 Å². The van der Waals surface area contributed by atoms with Crippen LogP contribution in [0.5, 0.6) is 0 Å². The molecule has 9 aromatic carbocycles. The van der Waals surface area contributed by atoms with E-state index in [4.69, 9.17) is 4.98 Å². The summed E-state index contributed by atoms with van der Waals surface area (Å²) in [5.74, 6) is 0. The number of hydrogen-bond donors (Lipinski definition) is 0. The third-order valence-electron chi connectivity index (χ3n) is 12.9. The Kier molecular flexibility index (Phi) is 10.8. The molecule has 0 N–H and O–H groups in total. The summed E-state index contributed by atoms with van der Waals surface area (Å²) in [5, 5.41) is 2.32. The molecule has 0 saturated heterocycles. The number of rotatable bonds is 11. The summed E-state index contributed by atoms with van der Waals surface area (Å²) in [6.45, 7) is 0. The lowest BCUT2D eigenvalue weighted by Crippen LogP contribution is -2.09. The van der Waals surface area contributed by atoms with Crippen molar-refractivity contribution in [1.82, 2.24) is 14.5 Å². The largest absolute Gasteiger partial charge is 0.310 e. The van der Waals surface area contributed by atoms with Crippen molar-refractivity contribution in [1.29, 1.82) is 0 Å². The first-order valence-corrected chi connectivity index (χ1v) is 23.3. The Morgan fingerprint density at radius 3 is 1.19 bits per heavy atom. The second kappa shape index (κ2) is 18.2. The zero-order chi connectivity index (χ0) is 45.9. The van der Waals surface area contributed by atoms with Crippen molar-refractivity contribution in [3.8, 4) is 50.5 Å². The lowest BCUT2D eigenvalue weighted by molar-refractivity contribution is 1.18. The molecule has 0 aliphatic carbocycles. The van der Waals surface area contributed by atoms with Crippen molar-refractivity contribution in [2.24, 2.45) is 0 Å². The minimum atomic E-state index is 0.945. The number of para-hydroxylation sites is 4. The van der Waals surface area contributed by atoms with Gasteiger partial charge in [-0.2, -0.15) is 0 Å². The van der Waals surface area contributed by atoms with Crippen molar-refractivity contribution in [3.05, 3.63) is 273 Å². The first-order valence-electron chi connectivity index (χ1n) is 23.3. The molecule has 69 heavy (non-hydrogen) atoms. The smallest absolute Gasteiger partial charge is 0.0709 e. The Balaban J connectivity index is 0.956. The fourth-order valence-electron chi connectivity index (χ4n) is 9.61. The van der Waals surface area contributed by atoms with E-state index in [1.54, 1.807) is 0 Å². The molecular weight excluding hydrogens is 839 g/mol. The molecule has 0 unspecified atom stereocenters. The first kappa shape index (κ1) is 41.1. The summed E-state index contributed by atoms with van der Waals surface area (Å²) in [5.41, 5.74) is 18.3. The summed E-state index contributed by atoms with van der Waals surface area (Å²) in [6.07, 6.45) is 3.85. The highest BCUT2D eigenvalue weighted by Gasteiger charge is 2.20. The molecule has 0 aliphatic heterocycles. The molecule has 0 bridgehead atoms. The lowest BCUT2D eigenvalue weighted by Gasteiger charge is -2.26. The number of hydrogen-bond acceptors (Lipinski definition) is 4. The highest BCUT2D eigenvalue weighted by atomic mass is 15.1. The van der Waals surface area contributed by atoms with Crippen LogP contribution in [0.25, 0.3) is 72.3 Å². The summed E-state index contributed by atoms with van der Waals surface area (Å²) in [4.78, 5) is 14.3. The SMILES string of the molecule is c1ccc(-c2cccc(-c3ccc(-c4ccncc4-c4ccc(-n5c6ccc(N(c7ccccc7)c7ccccc7)cc6c6cc(N(c7ccccc7)c7ccccc7)ccc65)cc4)cc3)n2)cc1. The van der Waals surface area contributed by atoms with Crippen LogP contribution in [0.1, 0.15) is 0 Å². The van der Waals surface area contributed by atoms with E-state index in [0.29, 0.717) is 0 Å². The van der Waals surface area contributed by atoms with Crippen LogP contribution in [0.3, 0.4) is 0 Å². The Morgan fingerprint density at radius 2 is 0.710 bits per heavy atom. The number of benzene rings is 9. The molecule has 12 aromatic rings. The summed E-state index contributed by atoms with van der Waals surface area (Å²) in [6, 6.07) is 92.5. The Hall–Kier alpha value is -9.32. The van der Waals surface area contributed by atoms with Crippen molar-refractivity contribution in [2.45, 2.75) is 0 Å². The molecule has 0 spiro atoms. The fraction of sp³-hybridized carbons (Fsp3) is 0. The highest BCUT2D eigenvalue weighted by Crippen LogP contribution is 2.43. The number of pyridine rings is 2. The van der Waals surface area contributed by atoms with Crippen LogP contribution in [0.4, 0.5) is 34.1 Å². The first-order chi connectivity index (χ1) is 34.2. The Bertz CT molecular complexity index is 3470. The van der Waals surface area contributed by atoms with Gasteiger partial charge in [0.2, 0.25) is 0 Å². The van der Waals surface area contributed by atoms with Gasteiger partial charge in [-0.25, -0.2) is 4.98 Å². The zero-order valence-corrected chi connectivity index (χ0v) is 37.7. The van der Waals surface area contributed by atoms with E-state index in [9.17, 15) is 0 Å². The van der Waals surface area contributed by atoms with Gasteiger partial charge in [-0.15, -0.1) is 0 Å². The third kappa shape index (κ3) is 7.98. The summed E-state index contributed by atoms with van der Waals surface area (Å²) >= 11 is 0. The van der Waals surface area contributed by atoms with Gasteiger partial charge >= 0.3 is 0 Å². The Labute approximate surface area is 402 Å². The van der Waals surface area contributed by atoms with E-state index >= 15 is 0 Å². The summed E-state index contributed by atoms with van der Waals surface area (Å²) < 4.78 is 2.40. The average Bonchev–Trinajstić information content (AvgIpc) is 3.75. The zero-order valence-electron chi connectivity index (χ0n) is 37.7. The van der Waals surface area contributed by atoms with Crippen LogP contribution in [-0.4, -0.2) is 14.5 Å². The predicted octanol–water partition coefficient (Wildman–Crippen LogP) is 17.2. The Morgan fingerprint density at radius 1 is 0.304 bits per heavy atom. The second-order valence-electron chi connectivity index (χ2n) is 17.1. The molecule has 5 heteroatoms. The number of fused-ring (bicyclic) bond motifs is 3. The maximum atomic E-state index is 5.01. The predicted molar refractivity (Wildman–Crippen MR) is 287 cm³/mol. The van der Waals surface area contributed by atoms with E-state index in [1.165, 1.54) is 0 Å². The molecule has 0 radical (unpaired) electrons. The number of anilines is 6. The van der Waals surface area contributed by atoms with Gasteiger partial charge in [0.15, 0.2) is 0 Å². The van der Waals surface area contributed by atoms with Crippen molar-refractivity contribution >= 4 is 55.9 Å². The van der Waals surface area contributed by atoms with E-state index in [2.05, 4.69) is 262 Å². The highest BCUT2D eigenvalue weighted by molar-refractivity contribution is 6.12. The molecule has 3 aromatic heterocycles. The van der Waals surface area contributed by atoms with Gasteiger partial charge in [-0.1, -0.05) is 146 Å². The topological polar surface area (TPSA) is 37.2 Å². The molecule has 0 saturated carbocycles. The van der Waals surface area contributed by atoms with Crippen LogP contribution in [0.15, 0.2) is 273 Å². The number of nitrogens with zero attached hydrogens (tertiary/aromatic N) is 5. The fourth-order valence-corrected chi connectivity index (χ4v) is 9.61. The van der Waals surface area contributed by atoms with Crippen molar-refractivity contribution in [2.75, 3.05) is 9.80 Å². The second-order valence-corrected chi connectivity index (χ2v) is 17.1. The van der Waals surface area contributed by atoms with Gasteiger partial charge in [-0.3, -0.25) is 4.98 Å². The quantitative estimate of drug-likeness (QED) is 0.130. The van der Waals surface area contributed by atoms with Gasteiger partial charge in [0.25, 0.3) is 0 Å². The molecule has 0 amide bonds. The minimum absolute atomic E-state index is 0.945. The van der Waals surface area contributed by atoms with Crippen LogP contribution in [0.2, 0.25) is 0 Å². The van der Waals surface area contributed by atoms with Crippen LogP contribution < -0.4 is 9.80 Å². The van der Waals surface area contributed by atoms with E-state index in [0.717, 1.165) is 106 Å². The third-order valence-corrected chi connectivity index (χ3v) is 12.9. The molecule has 3 heterocycles. The van der Waals surface area contributed by atoms with Crippen LogP contribution in [-0.2, 0) is 0 Å². The molecule has 12 rings (SSSR count). The molecule has 5 nitrogen and oxygen atoms in total. The van der Waals surface area contributed by atoms with E-state index in [1.807, 2.05) is 30.6 Å². The maximum Gasteiger partial charge on any atom is 0.0709 e. The van der Waals surface area contributed by atoms with Gasteiger partial charge in [0.1, 0.15) is 0 Å². The van der Waals surface area contributed by atoms with Gasteiger partial charge in [0.05, 0.1) is 22.4 Å². The molecule has 0 aliphatic rings. The van der Waals surface area contributed by atoms with Gasteiger partial charge in [0, 0.05) is 79.7 Å². The van der Waals surface area contributed by atoms with Crippen molar-refractivity contribution in [3.63, 3.8) is 0 Å². The van der Waals surface area contributed by atoms with Crippen LogP contribution >= 0.6 is 0 Å². The maximum absolute atomic E-state index is 5.01. The number of aromatic nitrogens is 3. The minimum Gasteiger partial charge on any atom is -0.310 e. The molecular formula is C64H45N5. The molecule has 0 atom stereocenters. The van der Waals surface area contributed by atoms with Crippen molar-refractivity contribution < 1.29 is 0 Å². The standard InChI is InChI=1S/C64H45N5/c1-6-17-48(18-7-1)61-27-16-28-62(66-61)49-31-29-46(30-32-49)57-41-42-65-45-60(57)47-33-35-54(36-34-47)69-63-39-37-55(67(50-19-8-2-9-20-50)51-21-10-3-11-22-51)43-58(63)59-44-56(38-40-64(59)69)68(52-23-12-4-13-24-52)53-25-14-5-15-26-53/h1-45H. The molecule has 326 valence electrons. The normalized spacial score (nSPS) is 11.2. The van der Waals surface area contributed by atoms with E-state index < -0.39 is 0 Å². The monoisotopic (exact) mass is 883 g/mol. The van der Waals surface area contributed by atoms with E-state index in [-0.39, 0.29) is 0 Å².